The second-order valence-corrected chi connectivity index (χ2v) is 5.13. The van der Waals surface area contributed by atoms with Crippen molar-refractivity contribution >= 4 is 27.5 Å². The molecule has 2 rings (SSSR count). The number of hydrogen-bond acceptors (Lipinski definition) is 1. The Morgan fingerprint density at radius 3 is 2.67 bits per heavy atom. The SMILES string of the molecule is Cc1ccc(Oc2cc(F)cc(Br)c2)c(CCl)c1. The summed E-state index contributed by atoms with van der Waals surface area (Å²) in [6.07, 6.45) is 0. The summed E-state index contributed by atoms with van der Waals surface area (Å²) in [4.78, 5) is 0. The summed E-state index contributed by atoms with van der Waals surface area (Å²) < 4.78 is 19.5. The summed E-state index contributed by atoms with van der Waals surface area (Å²) in [6, 6.07) is 10.1. The van der Waals surface area contributed by atoms with Gasteiger partial charge in [0, 0.05) is 16.1 Å². The molecular formula is C14H11BrClFO. The molecule has 0 aliphatic rings. The number of alkyl halides is 1. The van der Waals surface area contributed by atoms with Crippen molar-refractivity contribution in [2.45, 2.75) is 12.8 Å². The van der Waals surface area contributed by atoms with E-state index in [2.05, 4.69) is 15.9 Å². The Bertz CT molecular complexity index is 551. The highest BCUT2D eigenvalue weighted by Crippen LogP contribution is 2.29. The minimum absolute atomic E-state index is 0.348. The number of rotatable bonds is 3. The first-order valence-electron chi connectivity index (χ1n) is 5.38. The molecule has 0 saturated heterocycles. The van der Waals surface area contributed by atoms with Crippen LogP contribution in [0.4, 0.5) is 4.39 Å². The maximum atomic E-state index is 13.2. The second-order valence-electron chi connectivity index (χ2n) is 3.95. The first kappa shape index (κ1) is 13.4. The van der Waals surface area contributed by atoms with Gasteiger partial charge in [0.05, 0.1) is 5.88 Å². The van der Waals surface area contributed by atoms with Crippen LogP contribution in [0.25, 0.3) is 0 Å². The minimum atomic E-state index is -0.348. The molecule has 0 unspecified atom stereocenters. The minimum Gasteiger partial charge on any atom is -0.457 e. The third kappa shape index (κ3) is 3.24. The lowest BCUT2D eigenvalue weighted by Crippen LogP contribution is -1.91. The number of ether oxygens (including phenoxy) is 1. The normalized spacial score (nSPS) is 10.4. The molecule has 0 amide bonds. The molecule has 0 atom stereocenters. The molecule has 1 nitrogen and oxygen atoms in total. The molecule has 0 aliphatic heterocycles. The van der Waals surface area contributed by atoms with Crippen LogP contribution in [0.15, 0.2) is 40.9 Å². The van der Waals surface area contributed by atoms with Gasteiger partial charge >= 0.3 is 0 Å². The Labute approximate surface area is 119 Å². The van der Waals surface area contributed by atoms with Crippen molar-refractivity contribution in [1.82, 2.24) is 0 Å². The molecule has 0 heterocycles. The zero-order valence-corrected chi connectivity index (χ0v) is 12.1. The van der Waals surface area contributed by atoms with E-state index < -0.39 is 0 Å². The number of benzene rings is 2. The van der Waals surface area contributed by atoms with E-state index >= 15 is 0 Å². The van der Waals surface area contributed by atoms with Gasteiger partial charge in [-0.25, -0.2) is 4.39 Å². The molecule has 0 saturated carbocycles. The zero-order valence-electron chi connectivity index (χ0n) is 9.71. The Kier molecular flexibility index (Phi) is 4.25. The van der Waals surface area contributed by atoms with Gasteiger partial charge < -0.3 is 4.74 Å². The van der Waals surface area contributed by atoms with E-state index in [1.54, 1.807) is 6.07 Å². The van der Waals surface area contributed by atoms with Gasteiger partial charge in [0.1, 0.15) is 17.3 Å². The predicted molar refractivity (Wildman–Crippen MR) is 74.9 cm³/mol. The van der Waals surface area contributed by atoms with Crippen molar-refractivity contribution in [3.8, 4) is 11.5 Å². The highest BCUT2D eigenvalue weighted by atomic mass is 79.9. The Morgan fingerprint density at radius 1 is 1.22 bits per heavy atom. The fraction of sp³-hybridized carbons (Fsp3) is 0.143. The monoisotopic (exact) mass is 328 g/mol. The first-order chi connectivity index (χ1) is 8.58. The highest BCUT2D eigenvalue weighted by Gasteiger charge is 2.06. The van der Waals surface area contributed by atoms with Crippen molar-refractivity contribution in [2.24, 2.45) is 0 Å². The van der Waals surface area contributed by atoms with E-state index in [1.807, 2.05) is 25.1 Å². The number of halogens is 3. The van der Waals surface area contributed by atoms with Gasteiger partial charge in [-0.05, 0) is 25.1 Å². The van der Waals surface area contributed by atoms with Crippen LogP contribution in [0.2, 0.25) is 0 Å². The maximum Gasteiger partial charge on any atom is 0.131 e. The van der Waals surface area contributed by atoms with E-state index in [9.17, 15) is 4.39 Å². The number of aryl methyl sites for hydroxylation is 1. The molecule has 0 N–H and O–H groups in total. The van der Waals surface area contributed by atoms with Gasteiger partial charge in [-0.1, -0.05) is 33.6 Å². The summed E-state index contributed by atoms with van der Waals surface area (Å²) >= 11 is 9.10. The average molecular weight is 330 g/mol. The van der Waals surface area contributed by atoms with Crippen LogP contribution in [-0.4, -0.2) is 0 Å². The van der Waals surface area contributed by atoms with E-state index in [-0.39, 0.29) is 5.82 Å². The zero-order chi connectivity index (χ0) is 13.1. The summed E-state index contributed by atoms with van der Waals surface area (Å²) in [5.74, 6) is 1.09. The fourth-order valence-corrected chi connectivity index (χ4v) is 2.28. The van der Waals surface area contributed by atoms with Crippen molar-refractivity contribution in [2.75, 3.05) is 0 Å². The van der Waals surface area contributed by atoms with Crippen molar-refractivity contribution in [1.29, 1.82) is 0 Å². The van der Waals surface area contributed by atoms with Gasteiger partial charge in [0.2, 0.25) is 0 Å². The lowest BCUT2D eigenvalue weighted by Gasteiger charge is -2.10. The molecule has 94 valence electrons. The molecule has 2 aromatic carbocycles. The van der Waals surface area contributed by atoms with Gasteiger partial charge in [-0.2, -0.15) is 0 Å². The lowest BCUT2D eigenvalue weighted by atomic mass is 10.1. The molecule has 4 heteroatoms. The molecule has 0 spiro atoms. The second kappa shape index (κ2) is 5.72. The van der Waals surface area contributed by atoms with Crippen molar-refractivity contribution in [3.63, 3.8) is 0 Å². The van der Waals surface area contributed by atoms with Crippen LogP contribution in [-0.2, 0) is 5.88 Å². The lowest BCUT2D eigenvalue weighted by molar-refractivity contribution is 0.472. The molecule has 2 aromatic rings. The van der Waals surface area contributed by atoms with Gasteiger partial charge in [0.15, 0.2) is 0 Å². The summed E-state index contributed by atoms with van der Waals surface area (Å²) in [5.41, 5.74) is 2.00. The van der Waals surface area contributed by atoms with Crippen LogP contribution in [0.1, 0.15) is 11.1 Å². The Morgan fingerprint density at radius 2 is 2.00 bits per heavy atom. The average Bonchev–Trinajstić information content (AvgIpc) is 2.30. The van der Waals surface area contributed by atoms with Gasteiger partial charge in [-0.3, -0.25) is 0 Å². The van der Waals surface area contributed by atoms with E-state index in [0.717, 1.165) is 11.1 Å². The molecular weight excluding hydrogens is 319 g/mol. The van der Waals surface area contributed by atoms with Gasteiger partial charge in [-0.15, -0.1) is 11.6 Å². The first-order valence-corrected chi connectivity index (χ1v) is 6.70. The fourth-order valence-electron chi connectivity index (χ4n) is 1.63. The summed E-state index contributed by atoms with van der Waals surface area (Å²) in [7, 11) is 0. The molecule has 18 heavy (non-hydrogen) atoms. The summed E-state index contributed by atoms with van der Waals surface area (Å²) in [5, 5.41) is 0. The van der Waals surface area contributed by atoms with Crippen LogP contribution < -0.4 is 4.74 Å². The van der Waals surface area contributed by atoms with Crippen LogP contribution >= 0.6 is 27.5 Å². The van der Waals surface area contributed by atoms with Crippen LogP contribution in [0.3, 0.4) is 0 Å². The smallest absolute Gasteiger partial charge is 0.131 e. The largest absolute Gasteiger partial charge is 0.457 e. The van der Waals surface area contributed by atoms with Crippen LogP contribution in [0.5, 0.6) is 11.5 Å². The maximum absolute atomic E-state index is 13.2. The molecule has 0 fully saturated rings. The molecule has 0 aromatic heterocycles. The predicted octanol–water partition coefficient (Wildman–Crippen LogP) is 5.43. The van der Waals surface area contributed by atoms with E-state index in [0.29, 0.717) is 21.9 Å². The van der Waals surface area contributed by atoms with Crippen molar-refractivity contribution < 1.29 is 9.13 Å². The third-order valence-electron chi connectivity index (χ3n) is 2.42. The Balaban J connectivity index is 2.33. The topological polar surface area (TPSA) is 9.23 Å². The standard InChI is InChI=1S/C14H11BrClFO/c1-9-2-3-14(10(4-9)8-16)18-13-6-11(15)5-12(17)7-13/h2-7H,8H2,1H3. The molecule has 0 bridgehead atoms. The highest BCUT2D eigenvalue weighted by molar-refractivity contribution is 9.10. The van der Waals surface area contributed by atoms with Crippen molar-refractivity contribution in [3.05, 3.63) is 57.8 Å². The number of hydrogen-bond donors (Lipinski definition) is 0. The Hall–Kier alpha value is -1.06. The quantitative estimate of drug-likeness (QED) is 0.682. The van der Waals surface area contributed by atoms with Crippen LogP contribution in [0, 0.1) is 12.7 Å². The molecule has 0 aliphatic carbocycles. The summed E-state index contributed by atoms with van der Waals surface area (Å²) in [6.45, 7) is 1.98. The molecule has 0 radical (unpaired) electrons. The third-order valence-corrected chi connectivity index (χ3v) is 3.17. The van der Waals surface area contributed by atoms with E-state index in [1.165, 1.54) is 12.1 Å². The van der Waals surface area contributed by atoms with Gasteiger partial charge in [0.25, 0.3) is 0 Å². The van der Waals surface area contributed by atoms with E-state index in [4.69, 9.17) is 16.3 Å².